The molecule has 21 heavy (non-hydrogen) atoms. The number of anilines is 2. The van der Waals surface area contributed by atoms with Gasteiger partial charge in [0.2, 0.25) is 0 Å². The van der Waals surface area contributed by atoms with Crippen molar-refractivity contribution >= 4 is 17.3 Å². The largest absolute Gasteiger partial charge is 0.382 e. The molecule has 114 valence electrons. The van der Waals surface area contributed by atoms with Gasteiger partial charge in [-0.3, -0.25) is 4.79 Å². The fourth-order valence-corrected chi connectivity index (χ4v) is 3.45. The Morgan fingerprint density at radius 3 is 2.57 bits per heavy atom. The number of nitrogens with zero attached hydrogens (tertiary/aromatic N) is 1. The van der Waals surface area contributed by atoms with Crippen molar-refractivity contribution in [2.75, 3.05) is 30.8 Å². The third-order valence-electron chi connectivity index (χ3n) is 4.73. The van der Waals surface area contributed by atoms with Crippen molar-refractivity contribution in [3.05, 3.63) is 23.8 Å². The van der Waals surface area contributed by atoms with Crippen LogP contribution in [0.3, 0.4) is 0 Å². The van der Waals surface area contributed by atoms with Gasteiger partial charge >= 0.3 is 0 Å². The summed E-state index contributed by atoms with van der Waals surface area (Å²) in [4.78, 5) is 14.9. The molecule has 4 nitrogen and oxygen atoms in total. The molecular formula is C17H25N3O. The lowest BCUT2D eigenvalue weighted by atomic mass is 10.0. The second-order valence-corrected chi connectivity index (χ2v) is 6.14. The van der Waals surface area contributed by atoms with E-state index >= 15 is 0 Å². The molecule has 2 aliphatic rings. The van der Waals surface area contributed by atoms with Gasteiger partial charge in [0.1, 0.15) is 0 Å². The lowest BCUT2D eigenvalue weighted by Gasteiger charge is -2.29. The van der Waals surface area contributed by atoms with E-state index in [9.17, 15) is 4.79 Å². The second-order valence-electron chi connectivity index (χ2n) is 6.14. The molecule has 0 saturated heterocycles. The third-order valence-corrected chi connectivity index (χ3v) is 4.73. The monoisotopic (exact) mass is 287 g/mol. The topological polar surface area (TPSA) is 44.4 Å². The number of hydrogen-bond donors (Lipinski definition) is 2. The van der Waals surface area contributed by atoms with Gasteiger partial charge in [-0.15, -0.1) is 0 Å². The molecule has 0 radical (unpaired) electrons. The van der Waals surface area contributed by atoms with Crippen molar-refractivity contribution in [2.24, 2.45) is 0 Å². The Morgan fingerprint density at radius 1 is 1.10 bits per heavy atom. The van der Waals surface area contributed by atoms with Crippen molar-refractivity contribution < 1.29 is 4.79 Å². The number of nitrogens with one attached hydrogen (secondary N) is 2. The van der Waals surface area contributed by atoms with E-state index in [1.54, 1.807) is 0 Å². The summed E-state index contributed by atoms with van der Waals surface area (Å²) in [5, 5.41) is 6.73. The number of carbonyl (C=O) groups excluding carboxylic acids is 1. The van der Waals surface area contributed by atoms with Gasteiger partial charge in [0, 0.05) is 26.2 Å². The maximum Gasteiger partial charge on any atom is 0.256 e. The lowest BCUT2D eigenvalue weighted by Crippen LogP contribution is -2.37. The van der Waals surface area contributed by atoms with Crippen LogP contribution in [0.15, 0.2) is 18.2 Å². The predicted molar refractivity (Wildman–Crippen MR) is 87.0 cm³/mol. The Balaban J connectivity index is 1.81. The van der Waals surface area contributed by atoms with Crippen molar-refractivity contribution in [1.82, 2.24) is 4.90 Å². The van der Waals surface area contributed by atoms with E-state index in [0.717, 1.165) is 42.9 Å². The highest BCUT2D eigenvalue weighted by atomic mass is 16.2. The van der Waals surface area contributed by atoms with Crippen LogP contribution < -0.4 is 10.6 Å². The molecule has 0 spiro atoms. The average molecular weight is 287 g/mol. The van der Waals surface area contributed by atoms with E-state index in [1.807, 2.05) is 30.1 Å². The van der Waals surface area contributed by atoms with Crippen LogP contribution in [0, 0.1) is 0 Å². The van der Waals surface area contributed by atoms with Crippen LogP contribution >= 0.6 is 0 Å². The summed E-state index contributed by atoms with van der Waals surface area (Å²) >= 11 is 0. The van der Waals surface area contributed by atoms with Gasteiger partial charge in [-0.25, -0.2) is 0 Å². The van der Waals surface area contributed by atoms with Crippen LogP contribution in [-0.2, 0) is 0 Å². The molecule has 1 aromatic rings. The summed E-state index contributed by atoms with van der Waals surface area (Å²) in [6.07, 6.45) is 7.39. The van der Waals surface area contributed by atoms with Crippen LogP contribution in [0.2, 0.25) is 0 Å². The molecule has 1 aliphatic carbocycles. The zero-order valence-electron chi connectivity index (χ0n) is 12.8. The molecule has 2 N–H and O–H groups in total. The molecular weight excluding hydrogens is 262 g/mol. The summed E-state index contributed by atoms with van der Waals surface area (Å²) in [5.74, 6) is 0.148. The van der Waals surface area contributed by atoms with E-state index in [2.05, 4.69) is 10.6 Å². The maximum absolute atomic E-state index is 12.9. The average Bonchev–Trinajstić information content (AvgIpc) is 2.82. The summed E-state index contributed by atoms with van der Waals surface area (Å²) in [6, 6.07) is 6.33. The highest BCUT2D eigenvalue weighted by Crippen LogP contribution is 2.30. The molecule has 1 heterocycles. The Morgan fingerprint density at radius 2 is 1.81 bits per heavy atom. The first kappa shape index (κ1) is 14.2. The summed E-state index contributed by atoms with van der Waals surface area (Å²) < 4.78 is 0. The quantitative estimate of drug-likeness (QED) is 0.820. The Labute approximate surface area is 126 Å². The fraction of sp³-hybridized carbons (Fsp3) is 0.588. The summed E-state index contributed by atoms with van der Waals surface area (Å²) in [5.41, 5.74) is 2.81. The first-order valence-corrected chi connectivity index (χ1v) is 8.15. The molecule has 0 atom stereocenters. The van der Waals surface area contributed by atoms with Crippen molar-refractivity contribution in [3.8, 4) is 0 Å². The normalized spacial score (nSPS) is 18.9. The van der Waals surface area contributed by atoms with Gasteiger partial charge in [-0.1, -0.05) is 31.7 Å². The van der Waals surface area contributed by atoms with Crippen LogP contribution in [0.5, 0.6) is 0 Å². The van der Waals surface area contributed by atoms with E-state index in [1.165, 1.54) is 25.7 Å². The Bertz CT molecular complexity index is 507. The van der Waals surface area contributed by atoms with Gasteiger partial charge in [0.15, 0.2) is 0 Å². The molecule has 0 aromatic heterocycles. The zero-order chi connectivity index (χ0) is 14.7. The zero-order valence-corrected chi connectivity index (χ0v) is 12.8. The van der Waals surface area contributed by atoms with Crippen molar-refractivity contribution in [1.29, 1.82) is 0 Å². The van der Waals surface area contributed by atoms with Crippen molar-refractivity contribution in [3.63, 3.8) is 0 Å². The van der Waals surface area contributed by atoms with E-state index in [0.29, 0.717) is 6.04 Å². The molecule has 1 aliphatic heterocycles. The van der Waals surface area contributed by atoms with E-state index < -0.39 is 0 Å². The minimum atomic E-state index is 0.148. The van der Waals surface area contributed by atoms with E-state index in [-0.39, 0.29) is 5.91 Å². The second kappa shape index (κ2) is 6.37. The third kappa shape index (κ3) is 2.99. The SMILES string of the molecule is CN(C(=O)c1cccc2c1NCCN2)C1CCCCCC1. The number of fused-ring (bicyclic) bond motifs is 1. The first-order chi connectivity index (χ1) is 10.3. The molecule has 3 rings (SSSR count). The summed E-state index contributed by atoms with van der Waals surface area (Å²) in [7, 11) is 1.97. The van der Waals surface area contributed by atoms with Crippen LogP contribution in [0.1, 0.15) is 48.9 Å². The minimum absolute atomic E-state index is 0.148. The van der Waals surface area contributed by atoms with Gasteiger partial charge in [0.05, 0.1) is 16.9 Å². The smallest absolute Gasteiger partial charge is 0.256 e. The molecule has 0 unspecified atom stereocenters. The highest BCUT2D eigenvalue weighted by molar-refractivity contribution is 6.02. The standard InChI is InChI=1S/C17H25N3O/c1-20(13-7-4-2-3-5-8-13)17(21)14-9-6-10-15-16(14)19-12-11-18-15/h6,9-10,13,18-19H,2-5,7-8,11-12H2,1H3. The van der Waals surface area contributed by atoms with Gasteiger partial charge in [-0.2, -0.15) is 0 Å². The molecule has 0 bridgehead atoms. The number of rotatable bonds is 2. The first-order valence-electron chi connectivity index (χ1n) is 8.15. The maximum atomic E-state index is 12.9. The lowest BCUT2D eigenvalue weighted by molar-refractivity contribution is 0.0718. The van der Waals surface area contributed by atoms with E-state index in [4.69, 9.17) is 0 Å². The Kier molecular flexibility index (Phi) is 4.32. The highest BCUT2D eigenvalue weighted by Gasteiger charge is 2.25. The summed E-state index contributed by atoms with van der Waals surface area (Å²) in [6.45, 7) is 1.77. The molecule has 1 amide bonds. The van der Waals surface area contributed by atoms with Gasteiger partial charge in [-0.05, 0) is 25.0 Å². The minimum Gasteiger partial charge on any atom is -0.382 e. The van der Waals surface area contributed by atoms with Crippen LogP contribution in [-0.4, -0.2) is 37.0 Å². The predicted octanol–water partition coefficient (Wildman–Crippen LogP) is 3.32. The number of amides is 1. The van der Waals surface area contributed by atoms with Crippen LogP contribution in [0.4, 0.5) is 11.4 Å². The molecule has 1 saturated carbocycles. The van der Waals surface area contributed by atoms with Gasteiger partial charge in [0.25, 0.3) is 5.91 Å². The van der Waals surface area contributed by atoms with Crippen LogP contribution in [0.25, 0.3) is 0 Å². The number of carbonyl (C=O) groups is 1. The number of para-hydroxylation sites is 1. The molecule has 4 heteroatoms. The number of benzene rings is 1. The number of hydrogen-bond acceptors (Lipinski definition) is 3. The fourth-order valence-electron chi connectivity index (χ4n) is 3.45. The molecule has 1 aromatic carbocycles. The molecule has 1 fully saturated rings. The Hall–Kier alpha value is -1.71. The van der Waals surface area contributed by atoms with Gasteiger partial charge < -0.3 is 15.5 Å². The van der Waals surface area contributed by atoms with Crippen molar-refractivity contribution in [2.45, 2.75) is 44.6 Å².